The molecule has 8 nitrogen and oxygen atoms in total. The van der Waals surface area contributed by atoms with Gasteiger partial charge < -0.3 is 5.32 Å². The number of amides is 1. The Morgan fingerprint density at radius 3 is 2.25 bits per heavy atom. The second-order valence-corrected chi connectivity index (χ2v) is 8.94. The van der Waals surface area contributed by atoms with Gasteiger partial charge >= 0.3 is 0 Å². The van der Waals surface area contributed by atoms with Crippen LogP contribution >= 0.6 is 11.6 Å². The zero-order chi connectivity index (χ0) is 22.6. The van der Waals surface area contributed by atoms with Crippen LogP contribution in [0.4, 0.5) is 5.69 Å². The molecule has 0 aliphatic rings. The van der Waals surface area contributed by atoms with Crippen LogP contribution in [0.1, 0.15) is 15.9 Å². The molecule has 4 aromatic rings. The lowest BCUT2D eigenvalue weighted by Gasteiger charge is -2.10. The molecule has 0 radical (unpaired) electrons. The van der Waals surface area contributed by atoms with Gasteiger partial charge in [-0.15, -0.1) is 0 Å². The lowest BCUT2D eigenvalue weighted by atomic mass is 10.2. The van der Waals surface area contributed by atoms with Crippen molar-refractivity contribution >= 4 is 33.2 Å². The normalized spacial score (nSPS) is 11.2. The topological polar surface area (TPSA) is 106 Å². The van der Waals surface area contributed by atoms with Crippen LogP contribution in [0.5, 0.6) is 0 Å². The highest BCUT2D eigenvalue weighted by Crippen LogP contribution is 2.19. The fraction of sp³-hybridized carbons (Fsp3) is 0.0455. The second kappa shape index (κ2) is 9.21. The van der Waals surface area contributed by atoms with E-state index in [2.05, 4.69) is 20.1 Å². The Bertz CT molecular complexity index is 1310. The van der Waals surface area contributed by atoms with Gasteiger partial charge in [0, 0.05) is 22.8 Å². The summed E-state index contributed by atoms with van der Waals surface area (Å²) in [6, 6.07) is 19.6. The van der Waals surface area contributed by atoms with E-state index in [4.69, 9.17) is 11.6 Å². The summed E-state index contributed by atoms with van der Waals surface area (Å²) >= 11 is 5.82. The SMILES string of the molecule is O=C(NCc1ccc(-n2cncn2)cc1)c1ccc(S(=O)(=O)Nc2ccc(Cl)cc2)cc1. The van der Waals surface area contributed by atoms with Gasteiger partial charge in [0.1, 0.15) is 12.7 Å². The van der Waals surface area contributed by atoms with E-state index in [1.807, 2.05) is 24.3 Å². The van der Waals surface area contributed by atoms with E-state index in [1.165, 1.54) is 30.6 Å². The molecule has 1 aromatic heterocycles. The highest BCUT2D eigenvalue weighted by molar-refractivity contribution is 7.92. The highest BCUT2D eigenvalue weighted by atomic mass is 35.5. The van der Waals surface area contributed by atoms with E-state index in [0.717, 1.165) is 11.3 Å². The van der Waals surface area contributed by atoms with Crippen molar-refractivity contribution in [3.63, 3.8) is 0 Å². The average Bonchev–Trinajstić information content (AvgIpc) is 3.34. The lowest BCUT2D eigenvalue weighted by Crippen LogP contribution is -2.23. The summed E-state index contributed by atoms with van der Waals surface area (Å²) in [4.78, 5) is 16.4. The average molecular weight is 468 g/mol. The molecule has 2 N–H and O–H groups in total. The van der Waals surface area contributed by atoms with Crippen LogP contribution in [0.3, 0.4) is 0 Å². The molecule has 0 bridgehead atoms. The summed E-state index contributed by atoms with van der Waals surface area (Å²) in [5.41, 5.74) is 2.52. The molecule has 0 saturated carbocycles. The monoisotopic (exact) mass is 467 g/mol. The van der Waals surface area contributed by atoms with Crippen molar-refractivity contribution < 1.29 is 13.2 Å². The number of sulfonamides is 1. The van der Waals surface area contributed by atoms with Crippen LogP contribution in [0, 0.1) is 0 Å². The van der Waals surface area contributed by atoms with Gasteiger partial charge in [-0.1, -0.05) is 23.7 Å². The van der Waals surface area contributed by atoms with Gasteiger partial charge in [-0.25, -0.2) is 18.1 Å². The summed E-state index contributed by atoms with van der Waals surface area (Å²) in [7, 11) is -3.78. The fourth-order valence-electron chi connectivity index (χ4n) is 2.91. The van der Waals surface area contributed by atoms with Crippen molar-refractivity contribution in [2.24, 2.45) is 0 Å². The van der Waals surface area contributed by atoms with Crippen molar-refractivity contribution in [1.29, 1.82) is 0 Å². The number of aromatic nitrogens is 3. The minimum atomic E-state index is -3.78. The van der Waals surface area contributed by atoms with Crippen LogP contribution in [-0.4, -0.2) is 29.1 Å². The minimum Gasteiger partial charge on any atom is -0.348 e. The van der Waals surface area contributed by atoms with Gasteiger partial charge in [-0.2, -0.15) is 5.10 Å². The van der Waals surface area contributed by atoms with Crippen LogP contribution in [-0.2, 0) is 16.6 Å². The first-order chi connectivity index (χ1) is 15.4. The van der Waals surface area contributed by atoms with Gasteiger partial charge in [-0.3, -0.25) is 9.52 Å². The van der Waals surface area contributed by atoms with Crippen LogP contribution < -0.4 is 10.0 Å². The molecule has 0 unspecified atom stereocenters. The van der Waals surface area contributed by atoms with Crippen molar-refractivity contribution in [1.82, 2.24) is 20.1 Å². The zero-order valence-electron chi connectivity index (χ0n) is 16.6. The Morgan fingerprint density at radius 2 is 1.62 bits per heavy atom. The molecule has 0 atom stereocenters. The number of hydrogen-bond donors (Lipinski definition) is 2. The first-order valence-corrected chi connectivity index (χ1v) is 11.4. The Balaban J connectivity index is 1.37. The van der Waals surface area contributed by atoms with E-state index < -0.39 is 10.0 Å². The number of nitrogens with one attached hydrogen (secondary N) is 2. The Labute approximate surface area is 189 Å². The third-order valence-electron chi connectivity index (χ3n) is 4.60. The van der Waals surface area contributed by atoms with E-state index in [0.29, 0.717) is 22.8 Å². The van der Waals surface area contributed by atoms with E-state index in [1.54, 1.807) is 35.3 Å². The summed E-state index contributed by atoms with van der Waals surface area (Å²) in [6.45, 7) is 0.328. The number of benzene rings is 3. The molecular weight excluding hydrogens is 450 g/mol. The molecule has 0 spiro atoms. The summed E-state index contributed by atoms with van der Waals surface area (Å²) in [5.74, 6) is -0.306. The van der Waals surface area contributed by atoms with Crippen LogP contribution in [0.15, 0.2) is 90.3 Å². The maximum atomic E-state index is 12.5. The summed E-state index contributed by atoms with van der Waals surface area (Å²) in [5, 5.41) is 7.39. The van der Waals surface area contributed by atoms with E-state index in [9.17, 15) is 13.2 Å². The minimum absolute atomic E-state index is 0.0488. The number of nitrogens with zero attached hydrogens (tertiary/aromatic N) is 3. The number of rotatable bonds is 7. The van der Waals surface area contributed by atoms with E-state index in [-0.39, 0.29) is 10.8 Å². The number of hydrogen-bond acceptors (Lipinski definition) is 5. The largest absolute Gasteiger partial charge is 0.348 e. The molecule has 4 rings (SSSR count). The molecule has 0 fully saturated rings. The standard InChI is InChI=1S/C22H18ClN5O3S/c23-18-5-7-19(8-6-18)27-32(30,31)21-11-3-17(4-12-21)22(29)25-13-16-1-9-20(10-2-16)28-15-24-14-26-28/h1-12,14-15,27H,13H2,(H,25,29). The zero-order valence-corrected chi connectivity index (χ0v) is 18.2. The van der Waals surface area contributed by atoms with Crippen molar-refractivity contribution in [2.75, 3.05) is 4.72 Å². The molecule has 0 aliphatic heterocycles. The van der Waals surface area contributed by atoms with Crippen LogP contribution in [0.25, 0.3) is 5.69 Å². The van der Waals surface area contributed by atoms with Crippen molar-refractivity contribution in [3.8, 4) is 5.69 Å². The van der Waals surface area contributed by atoms with Crippen molar-refractivity contribution in [3.05, 3.63) is 102 Å². The van der Waals surface area contributed by atoms with Gasteiger partial charge in [0.25, 0.3) is 15.9 Å². The number of halogens is 1. The molecule has 162 valence electrons. The van der Waals surface area contributed by atoms with Gasteiger partial charge in [0.2, 0.25) is 0 Å². The molecule has 0 aliphatic carbocycles. The third-order valence-corrected chi connectivity index (χ3v) is 6.25. The molecular formula is C22H18ClN5O3S. The number of carbonyl (C=O) groups is 1. The summed E-state index contributed by atoms with van der Waals surface area (Å²) in [6.07, 6.45) is 3.06. The predicted molar refractivity (Wildman–Crippen MR) is 121 cm³/mol. The van der Waals surface area contributed by atoms with Crippen LogP contribution in [0.2, 0.25) is 5.02 Å². The number of carbonyl (C=O) groups excluding carboxylic acids is 1. The molecule has 32 heavy (non-hydrogen) atoms. The second-order valence-electron chi connectivity index (χ2n) is 6.83. The fourth-order valence-corrected chi connectivity index (χ4v) is 4.09. The number of anilines is 1. The molecule has 1 heterocycles. The van der Waals surface area contributed by atoms with E-state index >= 15 is 0 Å². The Kier molecular flexibility index (Phi) is 6.20. The van der Waals surface area contributed by atoms with Gasteiger partial charge in [0.05, 0.1) is 10.6 Å². The summed E-state index contributed by atoms with van der Waals surface area (Å²) < 4.78 is 29.2. The smallest absolute Gasteiger partial charge is 0.261 e. The molecule has 1 amide bonds. The maximum absolute atomic E-state index is 12.5. The maximum Gasteiger partial charge on any atom is 0.261 e. The molecule has 10 heteroatoms. The van der Waals surface area contributed by atoms with Crippen molar-refractivity contribution in [2.45, 2.75) is 11.4 Å². The molecule has 3 aromatic carbocycles. The third kappa shape index (κ3) is 5.13. The lowest BCUT2D eigenvalue weighted by molar-refractivity contribution is 0.0951. The first-order valence-electron chi connectivity index (χ1n) is 9.51. The predicted octanol–water partition coefficient (Wildman–Crippen LogP) is 3.65. The first kappa shape index (κ1) is 21.5. The van der Waals surface area contributed by atoms with Gasteiger partial charge in [0.15, 0.2) is 0 Å². The molecule has 0 saturated heterocycles. The van der Waals surface area contributed by atoms with Gasteiger partial charge in [-0.05, 0) is 66.2 Å². The quantitative estimate of drug-likeness (QED) is 0.431. The highest BCUT2D eigenvalue weighted by Gasteiger charge is 2.15. The Morgan fingerprint density at radius 1 is 0.938 bits per heavy atom. The Hall–Kier alpha value is -3.69.